The molecule has 0 radical (unpaired) electrons. The summed E-state index contributed by atoms with van der Waals surface area (Å²) >= 11 is 5.89. The van der Waals surface area contributed by atoms with E-state index in [1.807, 2.05) is 10.3 Å². The van der Waals surface area contributed by atoms with Crippen LogP contribution in [0, 0.1) is 0 Å². The van der Waals surface area contributed by atoms with E-state index in [4.69, 9.17) is 0 Å². The average Bonchev–Trinajstić information content (AvgIpc) is 2.61. The Balaban J connectivity index is 2.70. The molecule has 2 rings (SSSR count). The SMILES string of the molecule is CC(C)c1ccc2c(cnn2SI)c1Br. The Morgan fingerprint density at radius 3 is 2.80 bits per heavy atom. The van der Waals surface area contributed by atoms with Crippen LogP contribution in [0.1, 0.15) is 25.3 Å². The van der Waals surface area contributed by atoms with Crippen LogP contribution in [0.15, 0.2) is 22.8 Å². The Kier molecular flexibility index (Phi) is 3.62. The summed E-state index contributed by atoms with van der Waals surface area (Å²) in [7, 11) is 1.58. The number of nitrogens with zero attached hydrogens (tertiary/aromatic N) is 2. The molecule has 5 heteroatoms. The number of benzene rings is 1. The number of halogens is 2. The zero-order valence-corrected chi connectivity index (χ0v) is 12.9. The lowest BCUT2D eigenvalue weighted by molar-refractivity contribution is 0.863. The van der Waals surface area contributed by atoms with Gasteiger partial charge in [-0.3, -0.25) is 0 Å². The highest BCUT2D eigenvalue weighted by molar-refractivity contribution is 14.2. The van der Waals surface area contributed by atoms with Crippen LogP contribution in [0.3, 0.4) is 0 Å². The van der Waals surface area contributed by atoms with Crippen LogP contribution in [0.25, 0.3) is 10.9 Å². The fraction of sp³-hybridized carbons (Fsp3) is 0.300. The van der Waals surface area contributed by atoms with Gasteiger partial charge in [-0.2, -0.15) is 9.19 Å². The largest absolute Gasteiger partial charge is 0.196 e. The van der Waals surface area contributed by atoms with E-state index >= 15 is 0 Å². The second kappa shape index (κ2) is 4.63. The number of rotatable bonds is 2. The van der Waals surface area contributed by atoms with E-state index in [-0.39, 0.29) is 0 Å². The highest BCUT2D eigenvalue weighted by atomic mass is 127. The first kappa shape index (κ1) is 11.7. The smallest absolute Gasteiger partial charge is 0.0832 e. The molecule has 0 unspecified atom stereocenters. The second-order valence-electron chi connectivity index (χ2n) is 3.64. The molecule has 2 nitrogen and oxygen atoms in total. The first-order valence-electron chi connectivity index (χ1n) is 4.60. The maximum Gasteiger partial charge on any atom is 0.0832 e. The van der Waals surface area contributed by atoms with Gasteiger partial charge in [-0.25, -0.2) is 0 Å². The van der Waals surface area contributed by atoms with Gasteiger partial charge in [0, 0.05) is 40.2 Å². The van der Waals surface area contributed by atoms with Crippen LogP contribution in [-0.2, 0) is 0 Å². The topological polar surface area (TPSA) is 17.8 Å². The first-order chi connectivity index (χ1) is 7.15. The van der Waals surface area contributed by atoms with Crippen molar-refractivity contribution in [2.45, 2.75) is 19.8 Å². The third-order valence-corrected chi connectivity index (χ3v) is 4.80. The molecule has 0 fully saturated rings. The molecule has 1 heterocycles. The standard InChI is InChI=1S/C10H10BrIN2S/c1-6(2)7-3-4-9-8(10(7)11)5-13-14(9)15-12/h3-6H,1-2H3. The molecule has 0 bridgehead atoms. The van der Waals surface area contributed by atoms with E-state index in [2.05, 4.69) is 68.2 Å². The van der Waals surface area contributed by atoms with Crippen molar-refractivity contribution in [1.82, 2.24) is 9.19 Å². The maximum atomic E-state index is 4.32. The third kappa shape index (κ3) is 2.06. The zero-order chi connectivity index (χ0) is 11.0. The summed E-state index contributed by atoms with van der Waals surface area (Å²) in [6, 6.07) is 4.30. The van der Waals surface area contributed by atoms with Gasteiger partial charge < -0.3 is 0 Å². The van der Waals surface area contributed by atoms with E-state index < -0.39 is 0 Å². The quantitative estimate of drug-likeness (QED) is 0.680. The van der Waals surface area contributed by atoms with Gasteiger partial charge in [0.05, 0.1) is 11.7 Å². The van der Waals surface area contributed by atoms with Gasteiger partial charge in [0.2, 0.25) is 0 Å². The molecule has 1 aromatic carbocycles. The summed E-state index contributed by atoms with van der Waals surface area (Å²) in [6.45, 7) is 4.40. The van der Waals surface area contributed by atoms with Crippen molar-refractivity contribution in [1.29, 1.82) is 0 Å². The minimum atomic E-state index is 0.527. The van der Waals surface area contributed by atoms with Crippen LogP contribution >= 0.6 is 46.3 Å². The summed E-state index contributed by atoms with van der Waals surface area (Å²) in [5.41, 5.74) is 2.49. The lowest BCUT2D eigenvalue weighted by Gasteiger charge is -2.08. The lowest BCUT2D eigenvalue weighted by atomic mass is 10.0. The number of aromatic nitrogens is 2. The van der Waals surface area contributed by atoms with Crippen molar-refractivity contribution < 1.29 is 0 Å². The van der Waals surface area contributed by atoms with Gasteiger partial charge in [-0.15, -0.1) is 0 Å². The molecule has 0 atom stereocenters. The number of hydrogen-bond donors (Lipinski definition) is 0. The molecule has 15 heavy (non-hydrogen) atoms. The van der Waals surface area contributed by atoms with Gasteiger partial charge in [0.15, 0.2) is 0 Å². The Labute approximate surface area is 114 Å². The molecule has 80 valence electrons. The third-order valence-electron chi connectivity index (χ3n) is 2.37. The molecular weight excluding hydrogens is 387 g/mol. The molecular formula is C10H10BrIN2S. The van der Waals surface area contributed by atoms with Crippen molar-refractivity contribution in [3.8, 4) is 0 Å². The highest BCUT2D eigenvalue weighted by Gasteiger charge is 2.11. The van der Waals surface area contributed by atoms with E-state index in [9.17, 15) is 0 Å². The Hall–Kier alpha value is 0.250. The molecule has 0 N–H and O–H groups in total. The fourth-order valence-electron chi connectivity index (χ4n) is 1.56. The Morgan fingerprint density at radius 1 is 1.47 bits per heavy atom. The molecule has 0 aliphatic carbocycles. The summed E-state index contributed by atoms with van der Waals surface area (Å²) in [5.74, 6) is 0.527. The molecule has 2 aromatic rings. The monoisotopic (exact) mass is 396 g/mol. The lowest BCUT2D eigenvalue weighted by Crippen LogP contribution is -1.90. The Bertz CT molecular complexity index is 495. The van der Waals surface area contributed by atoms with E-state index in [1.165, 1.54) is 15.4 Å². The summed E-state index contributed by atoms with van der Waals surface area (Å²) in [5, 5.41) is 5.50. The van der Waals surface area contributed by atoms with E-state index in [0.29, 0.717) is 5.92 Å². The second-order valence-corrected chi connectivity index (χ2v) is 6.10. The van der Waals surface area contributed by atoms with Crippen molar-refractivity contribution in [3.63, 3.8) is 0 Å². The van der Waals surface area contributed by atoms with Crippen LogP contribution in [0.5, 0.6) is 0 Å². The average molecular weight is 397 g/mol. The van der Waals surface area contributed by atoms with Gasteiger partial charge in [-0.1, -0.05) is 19.9 Å². The molecule has 0 amide bonds. The zero-order valence-electron chi connectivity index (χ0n) is 8.37. The molecule has 0 saturated carbocycles. The maximum absolute atomic E-state index is 4.32. The fourth-order valence-corrected chi connectivity index (χ4v) is 3.72. The summed E-state index contributed by atoms with van der Waals surface area (Å²) < 4.78 is 3.09. The number of fused-ring (bicyclic) bond motifs is 1. The Morgan fingerprint density at radius 2 is 2.20 bits per heavy atom. The summed E-state index contributed by atoms with van der Waals surface area (Å²) in [4.78, 5) is 0. The van der Waals surface area contributed by atoms with Gasteiger partial charge in [-0.05, 0) is 33.5 Å². The predicted octanol–water partition coefficient (Wildman–Crippen LogP) is 4.77. The van der Waals surface area contributed by atoms with Crippen molar-refractivity contribution in [3.05, 3.63) is 28.4 Å². The van der Waals surface area contributed by atoms with Crippen LogP contribution in [0.2, 0.25) is 0 Å². The normalized spacial score (nSPS) is 11.5. The molecule has 0 spiro atoms. The highest BCUT2D eigenvalue weighted by Crippen LogP contribution is 2.33. The van der Waals surface area contributed by atoms with Crippen LogP contribution < -0.4 is 0 Å². The first-order valence-corrected chi connectivity index (χ1v) is 8.71. The predicted molar refractivity (Wildman–Crippen MR) is 78.5 cm³/mol. The van der Waals surface area contributed by atoms with Crippen molar-refractivity contribution in [2.75, 3.05) is 0 Å². The minimum absolute atomic E-state index is 0.527. The van der Waals surface area contributed by atoms with Crippen LogP contribution in [-0.4, -0.2) is 9.19 Å². The van der Waals surface area contributed by atoms with Gasteiger partial charge >= 0.3 is 0 Å². The van der Waals surface area contributed by atoms with Crippen molar-refractivity contribution >= 4 is 57.2 Å². The van der Waals surface area contributed by atoms with Crippen molar-refractivity contribution in [2.24, 2.45) is 0 Å². The molecule has 0 aliphatic heterocycles. The van der Waals surface area contributed by atoms with Gasteiger partial charge in [0.25, 0.3) is 0 Å². The van der Waals surface area contributed by atoms with Gasteiger partial charge in [0.1, 0.15) is 0 Å². The summed E-state index contributed by atoms with van der Waals surface area (Å²) in [6.07, 6.45) is 1.91. The molecule has 1 aromatic heterocycles. The minimum Gasteiger partial charge on any atom is -0.196 e. The van der Waals surface area contributed by atoms with E-state index in [0.717, 1.165) is 5.52 Å². The molecule has 0 aliphatic rings. The van der Waals surface area contributed by atoms with E-state index in [1.54, 1.807) is 9.12 Å². The number of hydrogen-bond acceptors (Lipinski definition) is 2. The van der Waals surface area contributed by atoms with Crippen LogP contribution in [0.4, 0.5) is 0 Å². The molecule has 0 saturated heterocycles.